The van der Waals surface area contributed by atoms with Gasteiger partial charge in [-0.05, 0) is 31.4 Å². The first-order chi connectivity index (χ1) is 11.6. The van der Waals surface area contributed by atoms with E-state index in [4.69, 9.17) is 0 Å². The van der Waals surface area contributed by atoms with E-state index in [1.807, 2.05) is 24.3 Å². The second kappa shape index (κ2) is 5.61. The maximum absolute atomic E-state index is 13.0. The number of benzene rings is 1. The summed E-state index contributed by atoms with van der Waals surface area (Å²) >= 11 is 0. The molecule has 6 heteroatoms. The van der Waals surface area contributed by atoms with Crippen molar-refractivity contribution in [3.05, 3.63) is 29.8 Å². The number of likely N-dealkylation sites (tertiary alicyclic amines) is 1. The summed E-state index contributed by atoms with van der Waals surface area (Å²) < 4.78 is 0. The van der Waals surface area contributed by atoms with Crippen LogP contribution in [-0.4, -0.2) is 48.8 Å². The van der Waals surface area contributed by atoms with Crippen LogP contribution in [0, 0.1) is 5.41 Å². The number of hydrogen-bond donors (Lipinski definition) is 1. The van der Waals surface area contributed by atoms with Gasteiger partial charge in [0.1, 0.15) is 0 Å². The van der Waals surface area contributed by atoms with E-state index < -0.39 is 5.41 Å². The van der Waals surface area contributed by atoms with Crippen LogP contribution in [0.2, 0.25) is 0 Å². The lowest BCUT2D eigenvalue weighted by Crippen LogP contribution is -2.37. The highest BCUT2D eigenvalue weighted by atomic mass is 16.2. The minimum Gasteiger partial charge on any atom is -0.371 e. The van der Waals surface area contributed by atoms with Crippen molar-refractivity contribution in [1.29, 1.82) is 0 Å². The van der Waals surface area contributed by atoms with Gasteiger partial charge in [0, 0.05) is 38.3 Å². The summed E-state index contributed by atoms with van der Waals surface area (Å²) in [7, 11) is 0. The minimum atomic E-state index is -0.713. The average molecular weight is 327 g/mol. The predicted octanol–water partition coefficient (Wildman–Crippen LogP) is 1.17. The molecule has 4 rings (SSSR count). The maximum Gasteiger partial charge on any atom is 0.255 e. The van der Waals surface area contributed by atoms with Crippen LogP contribution in [0.5, 0.6) is 0 Å². The van der Waals surface area contributed by atoms with Gasteiger partial charge in [-0.15, -0.1) is 0 Å². The average Bonchev–Trinajstić information content (AvgIpc) is 3.29. The standard InChI is InChI=1S/C18H21N3O3/c22-15-11-18(17(24)19-15)7-10-21(12-18)16(23)13-5-1-2-6-14(13)20-8-3-4-9-20/h1-2,5-6H,3-4,7-12H2,(H,19,22,24)/t18-/m0/s1. The second-order valence-electron chi connectivity index (χ2n) is 7.02. The van der Waals surface area contributed by atoms with Gasteiger partial charge in [0.05, 0.1) is 11.0 Å². The van der Waals surface area contributed by atoms with Gasteiger partial charge in [-0.3, -0.25) is 19.7 Å². The van der Waals surface area contributed by atoms with Gasteiger partial charge >= 0.3 is 0 Å². The Bertz CT molecular complexity index is 711. The van der Waals surface area contributed by atoms with E-state index in [2.05, 4.69) is 10.2 Å². The molecule has 3 aliphatic rings. The number of nitrogens with one attached hydrogen (secondary N) is 1. The molecule has 3 fully saturated rings. The van der Waals surface area contributed by atoms with Crippen LogP contribution in [0.4, 0.5) is 5.69 Å². The van der Waals surface area contributed by atoms with Crippen LogP contribution in [0.3, 0.4) is 0 Å². The Morgan fingerprint density at radius 2 is 1.83 bits per heavy atom. The van der Waals surface area contributed by atoms with Gasteiger partial charge in [-0.1, -0.05) is 12.1 Å². The number of nitrogens with zero attached hydrogens (tertiary/aromatic N) is 2. The fraction of sp³-hybridized carbons (Fsp3) is 0.500. The lowest BCUT2D eigenvalue weighted by molar-refractivity contribution is -0.128. The van der Waals surface area contributed by atoms with Gasteiger partial charge in [0.25, 0.3) is 5.91 Å². The number of rotatable bonds is 2. The van der Waals surface area contributed by atoms with Gasteiger partial charge in [0.2, 0.25) is 11.8 Å². The molecule has 0 bridgehead atoms. The molecule has 0 aliphatic carbocycles. The molecule has 1 spiro atoms. The molecule has 24 heavy (non-hydrogen) atoms. The van der Waals surface area contributed by atoms with Crippen LogP contribution < -0.4 is 10.2 Å². The number of anilines is 1. The van der Waals surface area contributed by atoms with E-state index in [0.29, 0.717) is 25.1 Å². The lowest BCUT2D eigenvalue weighted by atomic mass is 9.85. The molecule has 3 heterocycles. The van der Waals surface area contributed by atoms with Crippen LogP contribution in [0.25, 0.3) is 0 Å². The molecular weight excluding hydrogens is 306 g/mol. The third-order valence-electron chi connectivity index (χ3n) is 5.46. The van der Waals surface area contributed by atoms with Crippen molar-refractivity contribution in [3.63, 3.8) is 0 Å². The topological polar surface area (TPSA) is 69.7 Å². The number of imide groups is 1. The van der Waals surface area contributed by atoms with Crippen LogP contribution in [0.1, 0.15) is 36.0 Å². The number of para-hydroxylation sites is 1. The normalized spacial score (nSPS) is 26.5. The monoisotopic (exact) mass is 327 g/mol. The van der Waals surface area contributed by atoms with E-state index >= 15 is 0 Å². The fourth-order valence-electron chi connectivity index (χ4n) is 4.13. The van der Waals surface area contributed by atoms with E-state index in [9.17, 15) is 14.4 Å². The Balaban J connectivity index is 1.57. The van der Waals surface area contributed by atoms with E-state index in [1.165, 1.54) is 0 Å². The summed E-state index contributed by atoms with van der Waals surface area (Å²) in [4.78, 5) is 40.7. The number of hydrogen-bond acceptors (Lipinski definition) is 4. The Labute approximate surface area is 140 Å². The van der Waals surface area contributed by atoms with E-state index in [1.54, 1.807) is 4.90 Å². The lowest BCUT2D eigenvalue weighted by Gasteiger charge is -2.24. The van der Waals surface area contributed by atoms with Crippen molar-refractivity contribution >= 4 is 23.4 Å². The second-order valence-corrected chi connectivity index (χ2v) is 7.02. The molecule has 3 aliphatic heterocycles. The third kappa shape index (κ3) is 2.37. The summed E-state index contributed by atoms with van der Waals surface area (Å²) in [5, 5.41) is 2.38. The Morgan fingerprint density at radius 3 is 2.54 bits per heavy atom. The zero-order valence-corrected chi connectivity index (χ0v) is 13.6. The SMILES string of the molecule is O=C1C[C@]2(CCN(C(=O)c3ccccc3N3CCCC3)C2)C(=O)N1. The van der Waals surface area contributed by atoms with Crippen molar-refractivity contribution < 1.29 is 14.4 Å². The molecule has 0 saturated carbocycles. The molecule has 3 amide bonds. The van der Waals surface area contributed by atoms with Crippen LogP contribution in [-0.2, 0) is 9.59 Å². The van der Waals surface area contributed by atoms with E-state index in [-0.39, 0.29) is 24.1 Å². The number of amides is 3. The van der Waals surface area contributed by atoms with Crippen LogP contribution in [0.15, 0.2) is 24.3 Å². The highest BCUT2D eigenvalue weighted by Crippen LogP contribution is 2.38. The van der Waals surface area contributed by atoms with E-state index in [0.717, 1.165) is 31.6 Å². The molecule has 1 aromatic carbocycles. The molecule has 0 unspecified atom stereocenters. The van der Waals surface area contributed by atoms with Gasteiger partial charge in [-0.2, -0.15) is 0 Å². The predicted molar refractivity (Wildman–Crippen MR) is 88.6 cm³/mol. The first-order valence-electron chi connectivity index (χ1n) is 8.57. The molecule has 6 nitrogen and oxygen atoms in total. The molecule has 126 valence electrons. The smallest absolute Gasteiger partial charge is 0.255 e. The largest absolute Gasteiger partial charge is 0.371 e. The first kappa shape index (κ1) is 15.2. The summed E-state index contributed by atoms with van der Waals surface area (Å²) in [6.07, 6.45) is 3.06. The van der Waals surface area contributed by atoms with Crippen molar-refractivity contribution in [1.82, 2.24) is 10.2 Å². The highest BCUT2D eigenvalue weighted by Gasteiger charge is 2.52. The Hall–Kier alpha value is -2.37. The third-order valence-corrected chi connectivity index (χ3v) is 5.46. The van der Waals surface area contributed by atoms with Crippen molar-refractivity contribution in [2.45, 2.75) is 25.7 Å². The van der Waals surface area contributed by atoms with Crippen molar-refractivity contribution in [2.75, 3.05) is 31.1 Å². The maximum atomic E-state index is 13.0. The number of carbonyl (C=O) groups is 3. The summed E-state index contributed by atoms with van der Waals surface area (Å²) in [5.74, 6) is -0.496. The Kier molecular flexibility index (Phi) is 3.55. The molecule has 1 aromatic rings. The van der Waals surface area contributed by atoms with Crippen molar-refractivity contribution in [3.8, 4) is 0 Å². The van der Waals surface area contributed by atoms with Gasteiger partial charge in [-0.25, -0.2) is 0 Å². The summed E-state index contributed by atoms with van der Waals surface area (Å²) in [6, 6.07) is 7.69. The first-order valence-corrected chi connectivity index (χ1v) is 8.57. The van der Waals surface area contributed by atoms with Crippen molar-refractivity contribution in [2.24, 2.45) is 5.41 Å². The Morgan fingerprint density at radius 1 is 1.08 bits per heavy atom. The zero-order chi connectivity index (χ0) is 16.7. The summed E-state index contributed by atoms with van der Waals surface area (Å²) in [5.41, 5.74) is 0.962. The molecule has 1 atom stereocenters. The van der Waals surface area contributed by atoms with Gasteiger partial charge < -0.3 is 9.80 Å². The molecular formula is C18H21N3O3. The van der Waals surface area contributed by atoms with Crippen LogP contribution >= 0.6 is 0 Å². The summed E-state index contributed by atoms with van der Waals surface area (Å²) in [6.45, 7) is 2.81. The quantitative estimate of drug-likeness (QED) is 0.828. The fourth-order valence-corrected chi connectivity index (χ4v) is 4.13. The van der Waals surface area contributed by atoms with Gasteiger partial charge in [0.15, 0.2) is 0 Å². The zero-order valence-electron chi connectivity index (χ0n) is 13.6. The highest BCUT2D eigenvalue weighted by molar-refractivity contribution is 6.07. The molecule has 0 radical (unpaired) electrons. The molecule has 0 aromatic heterocycles. The molecule has 3 saturated heterocycles. The molecule has 1 N–H and O–H groups in total. The number of carbonyl (C=O) groups excluding carboxylic acids is 3. The minimum absolute atomic E-state index is 0.0403.